The number of rotatable bonds is 7. The van der Waals surface area contributed by atoms with Crippen molar-refractivity contribution in [1.82, 2.24) is 24.5 Å². The average molecular weight is 522 g/mol. The molecule has 4 aromatic rings. The SMILES string of the molecule is COc1cccc(COc2nc(C)n(-c3cccc(-c4ccnc(C(C)C)n4)c3)c(=O)c2Br)n1. The minimum atomic E-state index is -0.274. The summed E-state index contributed by atoms with van der Waals surface area (Å²) in [5, 5.41) is 0. The van der Waals surface area contributed by atoms with Gasteiger partial charge in [0, 0.05) is 23.7 Å². The summed E-state index contributed by atoms with van der Waals surface area (Å²) in [6.07, 6.45) is 1.75. The first-order chi connectivity index (χ1) is 16.4. The van der Waals surface area contributed by atoms with Gasteiger partial charge in [0.25, 0.3) is 5.56 Å². The van der Waals surface area contributed by atoms with Crippen LogP contribution < -0.4 is 15.0 Å². The zero-order valence-corrected chi connectivity index (χ0v) is 20.9. The van der Waals surface area contributed by atoms with Crippen molar-refractivity contribution in [3.63, 3.8) is 0 Å². The van der Waals surface area contributed by atoms with Crippen molar-refractivity contribution < 1.29 is 9.47 Å². The molecule has 0 aliphatic rings. The molecule has 0 saturated heterocycles. The van der Waals surface area contributed by atoms with Crippen LogP contribution in [0.4, 0.5) is 0 Å². The Morgan fingerprint density at radius 2 is 1.85 bits per heavy atom. The summed E-state index contributed by atoms with van der Waals surface area (Å²) in [7, 11) is 1.55. The van der Waals surface area contributed by atoms with Crippen LogP contribution in [0.1, 0.15) is 37.1 Å². The van der Waals surface area contributed by atoms with Crippen LogP contribution in [0.15, 0.2) is 64.0 Å². The van der Waals surface area contributed by atoms with Gasteiger partial charge in [-0.2, -0.15) is 4.98 Å². The molecule has 9 heteroatoms. The highest BCUT2D eigenvalue weighted by atomic mass is 79.9. The normalized spacial score (nSPS) is 11.0. The summed E-state index contributed by atoms with van der Waals surface area (Å²) in [6.45, 7) is 6.01. The second kappa shape index (κ2) is 10.1. The van der Waals surface area contributed by atoms with E-state index in [0.717, 1.165) is 17.1 Å². The standard InChI is InChI=1S/C25H24BrN5O3/c1-15(2)23-27-12-11-20(30-23)17-7-5-9-19(13-17)31-16(3)28-24(22(26)25(31)32)34-14-18-8-6-10-21(29-18)33-4/h5-13,15H,14H2,1-4H3. The molecule has 0 N–H and O–H groups in total. The fraction of sp³-hybridized carbons (Fsp3) is 0.240. The van der Waals surface area contributed by atoms with E-state index in [1.165, 1.54) is 4.57 Å². The maximum atomic E-state index is 13.2. The second-order valence-corrected chi connectivity index (χ2v) is 8.68. The lowest BCUT2D eigenvalue weighted by molar-refractivity contribution is 0.282. The van der Waals surface area contributed by atoms with Crippen molar-refractivity contribution in [1.29, 1.82) is 0 Å². The van der Waals surface area contributed by atoms with Gasteiger partial charge in [0.1, 0.15) is 22.7 Å². The molecule has 0 radical (unpaired) electrons. The quantitative estimate of drug-likeness (QED) is 0.342. The van der Waals surface area contributed by atoms with Gasteiger partial charge in [-0.05, 0) is 47.1 Å². The van der Waals surface area contributed by atoms with Gasteiger partial charge in [-0.1, -0.05) is 32.0 Å². The molecular formula is C25H24BrN5O3. The van der Waals surface area contributed by atoms with Crippen molar-refractivity contribution >= 4 is 15.9 Å². The van der Waals surface area contributed by atoms with E-state index in [2.05, 4.69) is 49.7 Å². The molecule has 0 unspecified atom stereocenters. The molecule has 8 nitrogen and oxygen atoms in total. The van der Waals surface area contributed by atoms with Crippen LogP contribution in [0.2, 0.25) is 0 Å². The molecule has 0 bridgehead atoms. The molecule has 0 aliphatic carbocycles. The topological polar surface area (TPSA) is 92.0 Å². The summed E-state index contributed by atoms with van der Waals surface area (Å²) in [5.41, 5.74) is 2.74. The Hall–Kier alpha value is -3.59. The van der Waals surface area contributed by atoms with Crippen LogP contribution in [0.25, 0.3) is 16.9 Å². The Morgan fingerprint density at radius 1 is 1.06 bits per heavy atom. The number of halogens is 1. The number of aryl methyl sites for hydroxylation is 1. The molecule has 0 spiro atoms. The van der Waals surface area contributed by atoms with E-state index in [1.54, 1.807) is 26.3 Å². The van der Waals surface area contributed by atoms with E-state index in [1.807, 2.05) is 42.5 Å². The smallest absolute Gasteiger partial charge is 0.276 e. The zero-order valence-electron chi connectivity index (χ0n) is 19.3. The van der Waals surface area contributed by atoms with Crippen molar-refractivity contribution in [2.75, 3.05) is 7.11 Å². The summed E-state index contributed by atoms with van der Waals surface area (Å²) >= 11 is 3.37. The van der Waals surface area contributed by atoms with Gasteiger partial charge >= 0.3 is 0 Å². The summed E-state index contributed by atoms with van der Waals surface area (Å²) in [4.78, 5) is 31.1. The molecule has 1 aromatic carbocycles. The highest BCUT2D eigenvalue weighted by molar-refractivity contribution is 9.10. The Balaban J connectivity index is 1.65. The van der Waals surface area contributed by atoms with Crippen LogP contribution in [-0.2, 0) is 6.61 Å². The first-order valence-corrected chi connectivity index (χ1v) is 11.5. The molecule has 34 heavy (non-hydrogen) atoms. The van der Waals surface area contributed by atoms with Gasteiger partial charge in [0.15, 0.2) is 0 Å². The number of ether oxygens (including phenoxy) is 2. The number of benzene rings is 1. The van der Waals surface area contributed by atoms with E-state index in [4.69, 9.17) is 9.47 Å². The molecule has 0 aliphatic heterocycles. The molecule has 3 heterocycles. The van der Waals surface area contributed by atoms with Crippen molar-refractivity contribution in [3.05, 3.63) is 86.9 Å². The maximum absolute atomic E-state index is 13.2. The lowest BCUT2D eigenvalue weighted by Crippen LogP contribution is -2.24. The number of hydrogen-bond acceptors (Lipinski definition) is 7. The van der Waals surface area contributed by atoms with Crippen LogP contribution in [0, 0.1) is 6.92 Å². The highest BCUT2D eigenvalue weighted by Gasteiger charge is 2.16. The lowest BCUT2D eigenvalue weighted by Gasteiger charge is -2.14. The summed E-state index contributed by atoms with van der Waals surface area (Å²) in [6, 6.07) is 14.9. The Morgan fingerprint density at radius 3 is 2.62 bits per heavy atom. The van der Waals surface area contributed by atoms with Gasteiger partial charge in [0.2, 0.25) is 11.8 Å². The molecule has 4 rings (SSSR count). The van der Waals surface area contributed by atoms with Gasteiger partial charge < -0.3 is 9.47 Å². The minimum Gasteiger partial charge on any atom is -0.481 e. The second-order valence-electron chi connectivity index (χ2n) is 7.88. The van der Waals surface area contributed by atoms with Crippen molar-refractivity contribution in [2.24, 2.45) is 0 Å². The first kappa shape index (κ1) is 23.6. The average Bonchev–Trinajstić information content (AvgIpc) is 2.86. The number of nitrogens with zero attached hydrogens (tertiary/aromatic N) is 5. The van der Waals surface area contributed by atoms with E-state index in [9.17, 15) is 4.79 Å². The van der Waals surface area contributed by atoms with Crippen LogP contribution >= 0.6 is 15.9 Å². The van der Waals surface area contributed by atoms with Gasteiger partial charge in [0.05, 0.1) is 24.2 Å². The number of aromatic nitrogens is 5. The molecule has 0 atom stereocenters. The van der Waals surface area contributed by atoms with E-state index < -0.39 is 0 Å². The van der Waals surface area contributed by atoms with Crippen molar-refractivity contribution in [2.45, 2.75) is 33.3 Å². The van der Waals surface area contributed by atoms with Gasteiger partial charge in [-0.3, -0.25) is 9.36 Å². The Bertz CT molecular complexity index is 1390. The van der Waals surface area contributed by atoms with Crippen LogP contribution in [0.5, 0.6) is 11.8 Å². The maximum Gasteiger partial charge on any atom is 0.276 e. The van der Waals surface area contributed by atoms with Crippen molar-refractivity contribution in [3.8, 4) is 28.7 Å². The number of methoxy groups -OCH3 is 1. The third-order valence-electron chi connectivity index (χ3n) is 5.10. The summed E-state index contributed by atoms with van der Waals surface area (Å²) < 4.78 is 12.7. The summed E-state index contributed by atoms with van der Waals surface area (Å²) in [5.74, 6) is 2.17. The predicted octanol–water partition coefficient (Wildman–Crippen LogP) is 4.87. The Labute approximate surface area is 205 Å². The molecule has 174 valence electrons. The zero-order chi connectivity index (χ0) is 24.2. The Kier molecular flexibility index (Phi) is 7.02. The fourth-order valence-corrected chi connectivity index (χ4v) is 3.77. The van der Waals surface area contributed by atoms with Crippen LogP contribution in [0.3, 0.4) is 0 Å². The molecule has 0 fully saturated rings. The number of pyridine rings is 1. The molecule has 0 saturated carbocycles. The monoisotopic (exact) mass is 521 g/mol. The molecule has 0 amide bonds. The van der Waals surface area contributed by atoms with E-state index in [-0.39, 0.29) is 28.4 Å². The van der Waals surface area contributed by atoms with Gasteiger partial charge in [-0.15, -0.1) is 0 Å². The largest absolute Gasteiger partial charge is 0.481 e. The highest BCUT2D eigenvalue weighted by Crippen LogP contribution is 2.25. The lowest BCUT2D eigenvalue weighted by atomic mass is 10.1. The first-order valence-electron chi connectivity index (χ1n) is 10.7. The minimum absolute atomic E-state index is 0.146. The third kappa shape index (κ3) is 4.99. The molecule has 3 aromatic heterocycles. The van der Waals surface area contributed by atoms with E-state index >= 15 is 0 Å². The van der Waals surface area contributed by atoms with Gasteiger partial charge in [-0.25, -0.2) is 15.0 Å². The predicted molar refractivity (Wildman–Crippen MR) is 133 cm³/mol. The molecular weight excluding hydrogens is 498 g/mol. The number of hydrogen-bond donors (Lipinski definition) is 0. The third-order valence-corrected chi connectivity index (χ3v) is 5.78. The van der Waals surface area contributed by atoms with E-state index in [0.29, 0.717) is 23.1 Å². The van der Waals surface area contributed by atoms with Crippen LogP contribution in [-0.4, -0.2) is 31.6 Å². The fourth-order valence-electron chi connectivity index (χ4n) is 3.39.